The van der Waals surface area contributed by atoms with Crippen molar-refractivity contribution in [3.8, 4) is 0 Å². The van der Waals surface area contributed by atoms with Crippen LogP contribution in [0.1, 0.15) is 43.2 Å². The van der Waals surface area contributed by atoms with Crippen molar-refractivity contribution in [2.24, 2.45) is 5.73 Å². The number of rotatable bonds is 4. The number of H-pyrrole nitrogens is 1. The standard InChI is InChI=1S/C18H23N3O2/c1-12-6-5-7-14-16(12)13(11-20-14)10-15(22)21-18(17(19)23)8-3-2-4-9-18/h5-7,11,20H,2-4,8-10H2,1H3,(H2,19,23)(H,21,22). The van der Waals surface area contributed by atoms with Crippen molar-refractivity contribution in [2.45, 2.75) is 51.0 Å². The molecule has 1 fully saturated rings. The summed E-state index contributed by atoms with van der Waals surface area (Å²) in [5.74, 6) is -0.560. The van der Waals surface area contributed by atoms with Crippen molar-refractivity contribution in [3.05, 3.63) is 35.5 Å². The molecule has 5 heteroatoms. The quantitative estimate of drug-likeness (QED) is 0.809. The molecule has 0 saturated heterocycles. The van der Waals surface area contributed by atoms with Crippen LogP contribution in [0.4, 0.5) is 0 Å². The maximum atomic E-state index is 12.5. The van der Waals surface area contributed by atoms with Crippen LogP contribution in [0.3, 0.4) is 0 Å². The molecule has 23 heavy (non-hydrogen) atoms. The number of primary amides is 1. The number of amides is 2. The topological polar surface area (TPSA) is 88.0 Å². The third kappa shape index (κ3) is 2.96. The Balaban J connectivity index is 1.79. The number of aryl methyl sites for hydroxylation is 1. The van der Waals surface area contributed by atoms with E-state index in [0.717, 1.165) is 41.3 Å². The Morgan fingerprint density at radius 2 is 2.00 bits per heavy atom. The molecule has 2 aromatic rings. The number of nitrogens with one attached hydrogen (secondary N) is 2. The minimum atomic E-state index is -0.865. The van der Waals surface area contributed by atoms with E-state index >= 15 is 0 Å². The molecule has 122 valence electrons. The van der Waals surface area contributed by atoms with Crippen LogP contribution in [0.5, 0.6) is 0 Å². The number of carbonyl (C=O) groups is 2. The fourth-order valence-electron chi connectivity index (χ4n) is 3.66. The van der Waals surface area contributed by atoms with Gasteiger partial charge in [-0.1, -0.05) is 31.4 Å². The molecule has 1 aromatic heterocycles. The van der Waals surface area contributed by atoms with Crippen LogP contribution in [0.15, 0.2) is 24.4 Å². The molecule has 1 aliphatic rings. The Morgan fingerprint density at radius 3 is 2.70 bits per heavy atom. The molecular weight excluding hydrogens is 290 g/mol. The molecule has 3 rings (SSSR count). The van der Waals surface area contributed by atoms with E-state index in [-0.39, 0.29) is 12.3 Å². The largest absolute Gasteiger partial charge is 0.368 e. The van der Waals surface area contributed by atoms with Gasteiger partial charge >= 0.3 is 0 Å². The Bertz CT molecular complexity index is 742. The lowest BCUT2D eigenvalue weighted by Gasteiger charge is -2.35. The number of carbonyl (C=O) groups excluding carboxylic acids is 2. The third-order valence-corrected chi connectivity index (χ3v) is 4.90. The Hall–Kier alpha value is -2.30. The lowest BCUT2D eigenvalue weighted by Crippen LogP contribution is -2.58. The van der Waals surface area contributed by atoms with E-state index in [0.29, 0.717) is 12.8 Å². The molecule has 2 amide bonds. The monoisotopic (exact) mass is 313 g/mol. The molecular formula is C18H23N3O2. The Morgan fingerprint density at radius 1 is 1.26 bits per heavy atom. The second-order valence-corrected chi connectivity index (χ2v) is 6.54. The predicted molar refractivity (Wildman–Crippen MR) is 89.9 cm³/mol. The second kappa shape index (κ2) is 6.07. The van der Waals surface area contributed by atoms with Crippen molar-refractivity contribution in [1.29, 1.82) is 0 Å². The van der Waals surface area contributed by atoms with Gasteiger partial charge in [0.1, 0.15) is 5.54 Å². The maximum absolute atomic E-state index is 12.5. The van der Waals surface area contributed by atoms with Gasteiger partial charge in [0.15, 0.2) is 0 Å². The van der Waals surface area contributed by atoms with Crippen LogP contribution in [-0.4, -0.2) is 22.3 Å². The Labute approximate surface area is 135 Å². The summed E-state index contributed by atoms with van der Waals surface area (Å²) in [6.07, 6.45) is 6.34. The average Bonchev–Trinajstić information content (AvgIpc) is 2.92. The summed E-state index contributed by atoms with van der Waals surface area (Å²) in [6, 6.07) is 6.02. The van der Waals surface area contributed by atoms with Crippen molar-refractivity contribution in [2.75, 3.05) is 0 Å². The lowest BCUT2D eigenvalue weighted by atomic mass is 9.81. The summed E-state index contributed by atoms with van der Waals surface area (Å²) in [4.78, 5) is 27.6. The minimum absolute atomic E-state index is 0.144. The van der Waals surface area contributed by atoms with Crippen LogP contribution in [0, 0.1) is 6.92 Å². The van der Waals surface area contributed by atoms with Crippen molar-refractivity contribution in [1.82, 2.24) is 10.3 Å². The van der Waals surface area contributed by atoms with Crippen molar-refractivity contribution in [3.63, 3.8) is 0 Å². The molecule has 5 nitrogen and oxygen atoms in total. The SMILES string of the molecule is Cc1cccc2[nH]cc(CC(=O)NC3(C(N)=O)CCCCC3)c12. The molecule has 0 atom stereocenters. The molecule has 0 spiro atoms. The van der Waals surface area contributed by atoms with E-state index < -0.39 is 11.4 Å². The molecule has 0 radical (unpaired) electrons. The van der Waals surface area contributed by atoms with Gasteiger partial charge in [-0.15, -0.1) is 0 Å². The van der Waals surface area contributed by atoms with Crippen LogP contribution >= 0.6 is 0 Å². The first-order valence-corrected chi connectivity index (χ1v) is 8.18. The first kappa shape index (κ1) is 15.6. The molecule has 4 N–H and O–H groups in total. The number of hydrogen-bond donors (Lipinski definition) is 3. The van der Waals surface area contributed by atoms with Crippen molar-refractivity contribution < 1.29 is 9.59 Å². The van der Waals surface area contributed by atoms with Crippen LogP contribution in [0.2, 0.25) is 0 Å². The highest BCUT2D eigenvalue weighted by Gasteiger charge is 2.39. The van der Waals surface area contributed by atoms with Gasteiger partial charge < -0.3 is 16.0 Å². The van der Waals surface area contributed by atoms with Gasteiger partial charge in [-0.25, -0.2) is 0 Å². The summed E-state index contributed by atoms with van der Waals surface area (Å²) in [5, 5.41) is 4.01. The fourth-order valence-corrected chi connectivity index (χ4v) is 3.66. The molecule has 1 saturated carbocycles. The highest BCUT2D eigenvalue weighted by atomic mass is 16.2. The minimum Gasteiger partial charge on any atom is -0.368 e. The third-order valence-electron chi connectivity index (χ3n) is 4.90. The molecule has 0 aliphatic heterocycles. The van der Waals surface area contributed by atoms with Gasteiger partial charge in [0.2, 0.25) is 11.8 Å². The molecule has 1 aromatic carbocycles. The van der Waals surface area contributed by atoms with Gasteiger partial charge in [0.05, 0.1) is 6.42 Å². The summed E-state index contributed by atoms with van der Waals surface area (Å²) < 4.78 is 0. The highest BCUT2D eigenvalue weighted by molar-refractivity contribution is 5.94. The maximum Gasteiger partial charge on any atom is 0.243 e. The Kier molecular flexibility index (Phi) is 4.11. The number of fused-ring (bicyclic) bond motifs is 1. The van der Waals surface area contributed by atoms with Gasteiger partial charge in [-0.05, 0) is 37.0 Å². The van der Waals surface area contributed by atoms with Gasteiger partial charge in [0, 0.05) is 17.1 Å². The molecule has 0 unspecified atom stereocenters. The number of aromatic nitrogens is 1. The molecule has 0 bridgehead atoms. The second-order valence-electron chi connectivity index (χ2n) is 6.54. The first-order chi connectivity index (χ1) is 11.0. The zero-order chi connectivity index (χ0) is 16.4. The van der Waals surface area contributed by atoms with E-state index in [4.69, 9.17) is 5.73 Å². The van der Waals surface area contributed by atoms with Gasteiger partial charge in [-0.2, -0.15) is 0 Å². The summed E-state index contributed by atoms with van der Waals surface area (Å²) >= 11 is 0. The summed E-state index contributed by atoms with van der Waals surface area (Å²) in [7, 11) is 0. The number of aromatic amines is 1. The van der Waals surface area contributed by atoms with E-state index in [9.17, 15) is 9.59 Å². The summed E-state index contributed by atoms with van der Waals surface area (Å²) in [6.45, 7) is 2.03. The molecule has 1 aliphatic carbocycles. The zero-order valence-electron chi connectivity index (χ0n) is 13.4. The molecule has 1 heterocycles. The number of hydrogen-bond acceptors (Lipinski definition) is 2. The summed E-state index contributed by atoms with van der Waals surface area (Å²) in [5.41, 5.74) is 7.82. The smallest absolute Gasteiger partial charge is 0.243 e. The fraction of sp³-hybridized carbons (Fsp3) is 0.444. The van der Waals surface area contributed by atoms with Gasteiger partial charge in [-0.3, -0.25) is 9.59 Å². The number of benzene rings is 1. The van der Waals surface area contributed by atoms with E-state index in [2.05, 4.69) is 10.3 Å². The van der Waals surface area contributed by atoms with Crippen LogP contribution in [-0.2, 0) is 16.0 Å². The average molecular weight is 313 g/mol. The highest BCUT2D eigenvalue weighted by Crippen LogP contribution is 2.28. The van der Waals surface area contributed by atoms with E-state index in [1.54, 1.807) is 0 Å². The van der Waals surface area contributed by atoms with Gasteiger partial charge in [0.25, 0.3) is 0 Å². The number of nitrogens with two attached hydrogens (primary N) is 1. The van der Waals surface area contributed by atoms with E-state index in [1.807, 2.05) is 31.3 Å². The first-order valence-electron chi connectivity index (χ1n) is 8.18. The van der Waals surface area contributed by atoms with Crippen LogP contribution < -0.4 is 11.1 Å². The van der Waals surface area contributed by atoms with Crippen molar-refractivity contribution >= 4 is 22.7 Å². The zero-order valence-corrected chi connectivity index (χ0v) is 13.4. The van der Waals surface area contributed by atoms with Crippen LogP contribution in [0.25, 0.3) is 10.9 Å². The lowest BCUT2D eigenvalue weighted by molar-refractivity contribution is -0.132. The van der Waals surface area contributed by atoms with E-state index in [1.165, 1.54) is 0 Å². The predicted octanol–water partition coefficient (Wildman–Crippen LogP) is 2.32. The normalized spacial score (nSPS) is 17.1.